The van der Waals surface area contributed by atoms with E-state index in [1.807, 2.05) is 48.5 Å². The van der Waals surface area contributed by atoms with Gasteiger partial charge in [-0.05, 0) is 12.0 Å². The number of amides is 1. The maximum atomic E-state index is 12.1. The summed E-state index contributed by atoms with van der Waals surface area (Å²) in [5, 5.41) is 16.2. The van der Waals surface area contributed by atoms with Crippen LogP contribution in [0.4, 0.5) is 4.79 Å². The third-order valence-corrected chi connectivity index (χ3v) is 3.89. The molecule has 2 rings (SSSR count). The zero-order valence-corrected chi connectivity index (χ0v) is 14.3. The normalized spacial score (nSPS) is 13.0. The van der Waals surface area contributed by atoms with Gasteiger partial charge in [0.2, 0.25) is 7.85 Å². The maximum absolute atomic E-state index is 12.1. The van der Waals surface area contributed by atoms with Crippen molar-refractivity contribution in [2.45, 2.75) is 18.6 Å². The summed E-state index contributed by atoms with van der Waals surface area (Å²) in [5.41, 5.74) is 1.66. The molecule has 0 aliphatic heterocycles. The number of carbonyl (C=O) groups is 2. The first-order chi connectivity index (χ1) is 12.1. The predicted molar refractivity (Wildman–Crippen MR) is 101 cm³/mol. The largest absolute Gasteiger partial charge is 0.390 e. The Morgan fingerprint density at radius 2 is 1.60 bits per heavy atom. The standard InChI is InChI=1S/C19H23BN2O3/c20-19(25)22-16(11-14-7-3-1-4-8-14)18(24)13-21-12-17(23)15-9-5-2-6-10-15/h1-10,16,18,21,24H,11-13,20H2,(H,22,25)/t16-,18+/m0/s1. The van der Waals surface area contributed by atoms with Crippen molar-refractivity contribution in [3.05, 3.63) is 71.8 Å². The highest BCUT2D eigenvalue weighted by Crippen LogP contribution is 2.06. The summed E-state index contributed by atoms with van der Waals surface area (Å²) in [7, 11) is 1.43. The van der Waals surface area contributed by atoms with Crippen LogP contribution in [0.5, 0.6) is 0 Å². The van der Waals surface area contributed by atoms with Crippen LogP contribution in [0, 0.1) is 0 Å². The van der Waals surface area contributed by atoms with Gasteiger partial charge in [-0.25, -0.2) is 0 Å². The molecule has 2 aromatic rings. The molecule has 6 heteroatoms. The minimum atomic E-state index is -0.798. The van der Waals surface area contributed by atoms with Crippen LogP contribution in [0.1, 0.15) is 15.9 Å². The van der Waals surface area contributed by atoms with E-state index in [1.165, 1.54) is 7.85 Å². The molecule has 1 amide bonds. The van der Waals surface area contributed by atoms with Crippen molar-refractivity contribution in [3.63, 3.8) is 0 Å². The molecule has 0 aliphatic carbocycles. The van der Waals surface area contributed by atoms with Crippen molar-refractivity contribution in [1.82, 2.24) is 10.6 Å². The summed E-state index contributed by atoms with van der Waals surface area (Å²) in [6, 6.07) is 18.3. The lowest BCUT2D eigenvalue weighted by Gasteiger charge is -2.24. The molecular formula is C19H23BN2O3. The summed E-state index contributed by atoms with van der Waals surface area (Å²) < 4.78 is 0. The Morgan fingerprint density at radius 1 is 1.00 bits per heavy atom. The van der Waals surface area contributed by atoms with Gasteiger partial charge >= 0.3 is 0 Å². The van der Waals surface area contributed by atoms with Gasteiger partial charge in [0.1, 0.15) is 0 Å². The van der Waals surface area contributed by atoms with Crippen molar-refractivity contribution in [2.75, 3.05) is 13.1 Å². The molecule has 0 heterocycles. The van der Waals surface area contributed by atoms with E-state index in [0.29, 0.717) is 12.0 Å². The van der Waals surface area contributed by atoms with Crippen molar-refractivity contribution in [2.24, 2.45) is 0 Å². The fourth-order valence-electron chi connectivity index (χ4n) is 2.61. The Labute approximate surface area is 148 Å². The Kier molecular flexibility index (Phi) is 7.38. The number of hydrogen-bond donors (Lipinski definition) is 3. The first kappa shape index (κ1) is 18.9. The second-order valence-electron chi connectivity index (χ2n) is 5.98. The third kappa shape index (κ3) is 6.53. The molecule has 2 atom stereocenters. The molecule has 25 heavy (non-hydrogen) atoms. The highest BCUT2D eigenvalue weighted by atomic mass is 16.3. The fourth-order valence-corrected chi connectivity index (χ4v) is 2.61. The molecule has 0 bridgehead atoms. The second-order valence-corrected chi connectivity index (χ2v) is 5.98. The quantitative estimate of drug-likeness (QED) is 0.466. The van der Waals surface area contributed by atoms with Gasteiger partial charge in [-0.15, -0.1) is 0 Å². The van der Waals surface area contributed by atoms with Crippen molar-refractivity contribution >= 4 is 19.4 Å². The summed E-state index contributed by atoms with van der Waals surface area (Å²) in [6.07, 6.45) is -0.275. The van der Waals surface area contributed by atoms with Gasteiger partial charge in [0.05, 0.1) is 18.7 Å². The minimum Gasteiger partial charge on any atom is -0.390 e. The molecule has 2 aromatic carbocycles. The first-order valence-corrected chi connectivity index (χ1v) is 8.34. The van der Waals surface area contributed by atoms with Gasteiger partial charge in [-0.2, -0.15) is 0 Å². The molecule has 0 unspecified atom stereocenters. The number of hydrogen-bond acceptors (Lipinski definition) is 4. The Morgan fingerprint density at radius 3 is 2.20 bits per heavy atom. The van der Waals surface area contributed by atoms with E-state index in [1.54, 1.807) is 12.1 Å². The number of benzene rings is 2. The van der Waals surface area contributed by atoms with E-state index >= 15 is 0 Å². The molecule has 0 aromatic heterocycles. The summed E-state index contributed by atoms with van der Waals surface area (Å²) >= 11 is 0. The fraction of sp³-hybridized carbons (Fsp3) is 0.263. The molecule has 0 radical (unpaired) electrons. The topological polar surface area (TPSA) is 78.4 Å². The lowest BCUT2D eigenvalue weighted by atomic mass is 9.99. The monoisotopic (exact) mass is 338 g/mol. The summed E-state index contributed by atoms with van der Waals surface area (Å²) in [4.78, 5) is 23.5. The van der Waals surface area contributed by atoms with Crippen LogP contribution in [0.3, 0.4) is 0 Å². The van der Waals surface area contributed by atoms with E-state index in [4.69, 9.17) is 0 Å². The average molecular weight is 338 g/mol. The number of aliphatic hydroxyl groups is 1. The lowest BCUT2D eigenvalue weighted by molar-refractivity contribution is 0.0971. The summed E-state index contributed by atoms with van der Waals surface area (Å²) in [6.45, 7) is 0.357. The summed E-state index contributed by atoms with van der Waals surface area (Å²) in [5.74, 6) is -0.229. The smallest absolute Gasteiger partial charge is 0.215 e. The first-order valence-electron chi connectivity index (χ1n) is 8.34. The third-order valence-electron chi connectivity index (χ3n) is 3.89. The average Bonchev–Trinajstić information content (AvgIpc) is 2.62. The van der Waals surface area contributed by atoms with Gasteiger partial charge < -0.3 is 15.7 Å². The second kappa shape index (κ2) is 9.76. The number of nitrogens with one attached hydrogen (secondary N) is 2. The molecule has 0 fully saturated rings. The molecule has 0 aliphatic rings. The van der Waals surface area contributed by atoms with E-state index in [0.717, 1.165) is 5.56 Å². The highest BCUT2D eigenvalue weighted by Gasteiger charge is 2.20. The van der Waals surface area contributed by atoms with Crippen LogP contribution in [-0.4, -0.2) is 49.8 Å². The van der Waals surface area contributed by atoms with Crippen LogP contribution < -0.4 is 10.6 Å². The maximum Gasteiger partial charge on any atom is 0.215 e. The molecule has 0 saturated carbocycles. The molecule has 0 spiro atoms. The van der Waals surface area contributed by atoms with Crippen molar-refractivity contribution in [3.8, 4) is 0 Å². The van der Waals surface area contributed by atoms with Gasteiger partial charge in [-0.3, -0.25) is 9.59 Å². The number of aliphatic hydroxyl groups excluding tert-OH is 1. The lowest BCUT2D eigenvalue weighted by Crippen LogP contribution is -2.49. The predicted octanol–water partition coefficient (Wildman–Crippen LogP) is 0.774. The Hall–Kier alpha value is -2.44. The Balaban J connectivity index is 1.87. The number of carbonyl (C=O) groups excluding carboxylic acids is 2. The van der Waals surface area contributed by atoms with E-state index in [9.17, 15) is 14.7 Å². The SMILES string of the molecule is BC(=O)N[C@@H](Cc1ccccc1)[C@H](O)CNCC(=O)c1ccccc1. The number of ketones is 1. The minimum absolute atomic E-state index is 0.0352. The van der Waals surface area contributed by atoms with Crippen LogP contribution in [0.15, 0.2) is 60.7 Å². The van der Waals surface area contributed by atoms with Crippen LogP contribution >= 0.6 is 0 Å². The molecule has 3 N–H and O–H groups in total. The molecule has 5 nitrogen and oxygen atoms in total. The molecular weight excluding hydrogens is 315 g/mol. The highest BCUT2D eigenvalue weighted by molar-refractivity contribution is 6.57. The van der Waals surface area contributed by atoms with Crippen LogP contribution in [-0.2, 0) is 6.42 Å². The van der Waals surface area contributed by atoms with E-state index in [-0.39, 0.29) is 24.7 Å². The van der Waals surface area contributed by atoms with Crippen LogP contribution in [0.25, 0.3) is 0 Å². The van der Waals surface area contributed by atoms with Crippen molar-refractivity contribution < 1.29 is 14.7 Å². The van der Waals surface area contributed by atoms with E-state index < -0.39 is 12.1 Å². The van der Waals surface area contributed by atoms with Gasteiger partial charge in [0.15, 0.2) is 11.6 Å². The number of Topliss-reactive ketones (excluding diaryl/α,β-unsaturated/α-hetero) is 1. The van der Waals surface area contributed by atoms with Gasteiger partial charge in [0.25, 0.3) is 0 Å². The zero-order chi connectivity index (χ0) is 18.1. The van der Waals surface area contributed by atoms with Gasteiger partial charge in [0, 0.05) is 12.1 Å². The zero-order valence-electron chi connectivity index (χ0n) is 14.3. The van der Waals surface area contributed by atoms with E-state index in [2.05, 4.69) is 10.6 Å². The van der Waals surface area contributed by atoms with Crippen LogP contribution in [0.2, 0.25) is 0 Å². The molecule has 0 saturated heterocycles. The van der Waals surface area contributed by atoms with Crippen molar-refractivity contribution in [1.29, 1.82) is 0 Å². The number of rotatable bonds is 9. The molecule has 130 valence electrons. The Bertz CT molecular complexity index is 680. The van der Waals surface area contributed by atoms with Gasteiger partial charge in [-0.1, -0.05) is 60.7 Å².